The van der Waals surface area contributed by atoms with Crippen molar-refractivity contribution in [2.24, 2.45) is 0 Å². The first kappa shape index (κ1) is 12.6. The Morgan fingerprint density at radius 2 is 1.93 bits per heavy atom. The second-order valence-corrected chi connectivity index (χ2v) is 5.11. The lowest BCUT2D eigenvalue weighted by molar-refractivity contribution is 0.288. The van der Waals surface area contributed by atoms with E-state index in [0.29, 0.717) is 5.25 Å². The van der Waals surface area contributed by atoms with Crippen molar-refractivity contribution in [3.63, 3.8) is 0 Å². The van der Waals surface area contributed by atoms with E-state index < -0.39 is 0 Å². The van der Waals surface area contributed by atoms with E-state index in [9.17, 15) is 5.11 Å². The molecule has 0 fully saturated rings. The fraction of sp³-hybridized carbons (Fsp3) is 0.538. The molecule has 0 amide bonds. The second-order valence-electron chi connectivity index (χ2n) is 3.73. The molecular weight excluding hydrogens is 204 g/mol. The second kappa shape index (κ2) is 7.77. The lowest BCUT2D eigenvalue weighted by atomic mass is 10.2. The molecule has 0 saturated heterocycles. The van der Waals surface area contributed by atoms with Gasteiger partial charge in [0.1, 0.15) is 0 Å². The molecule has 1 aromatic rings. The Hall–Kier alpha value is -0.470. The predicted molar refractivity (Wildman–Crippen MR) is 67.3 cm³/mol. The molecule has 1 N–H and O–H groups in total. The minimum atomic E-state index is 0.281. The monoisotopic (exact) mass is 224 g/mol. The largest absolute Gasteiger partial charge is 0.395 e. The van der Waals surface area contributed by atoms with E-state index in [1.165, 1.54) is 24.2 Å². The van der Waals surface area contributed by atoms with Gasteiger partial charge in [-0.1, -0.05) is 44.4 Å². The maximum absolute atomic E-state index is 9.27. The lowest BCUT2D eigenvalue weighted by Crippen LogP contribution is -2.07. The molecule has 0 saturated carbocycles. The minimum Gasteiger partial charge on any atom is -0.395 e. The topological polar surface area (TPSA) is 20.2 Å². The molecule has 0 aliphatic carbocycles. The maximum Gasteiger partial charge on any atom is 0.0553 e. The molecule has 0 spiro atoms. The van der Waals surface area contributed by atoms with Gasteiger partial charge >= 0.3 is 0 Å². The Kier molecular flexibility index (Phi) is 6.53. The van der Waals surface area contributed by atoms with Crippen molar-refractivity contribution in [2.45, 2.75) is 42.8 Å². The van der Waals surface area contributed by atoms with E-state index in [1.54, 1.807) is 11.8 Å². The number of benzene rings is 1. The molecule has 0 heterocycles. The Labute approximate surface area is 96.9 Å². The highest BCUT2D eigenvalue weighted by Crippen LogP contribution is 2.26. The summed E-state index contributed by atoms with van der Waals surface area (Å²) in [7, 11) is 0. The zero-order valence-electron chi connectivity index (χ0n) is 9.36. The van der Waals surface area contributed by atoms with Crippen LogP contribution in [0.15, 0.2) is 35.2 Å². The zero-order chi connectivity index (χ0) is 10.9. The number of hydrogen-bond acceptors (Lipinski definition) is 2. The molecule has 2 heteroatoms. The minimum absolute atomic E-state index is 0.281. The number of aliphatic hydroxyl groups is 1. The third-order valence-electron chi connectivity index (χ3n) is 2.38. The SMILES string of the molecule is CCCCC[C@@H](CO)Sc1ccccc1. The summed E-state index contributed by atoms with van der Waals surface area (Å²) in [5.74, 6) is 0. The van der Waals surface area contributed by atoms with E-state index in [0.717, 1.165) is 6.42 Å². The van der Waals surface area contributed by atoms with E-state index in [1.807, 2.05) is 18.2 Å². The van der Waals surface area contributed by atoms with E-state index in [4.69, 9.17) is 0 Å². The van der Waals surface area contributed by atoms with Gasteiger partial charge in [-0.15, -0.1) is 11.8 Å². The third kappa shape index (κ3) is 5.24. The van der Waals surface area contributed by atoms with Gasteiger partial charge in [0.25, 0.3) is 0 Å². The summed E-state index contributed by atoms with van der Waals surface area (Å²) in [6, 6.07) is 10.3. The Balaban J connectivity index is 2.33. The summed E-state index contributed by atoms with van der Waals surface area (Å²) in [6.45, 7) is 2.49. The smallest absolute Gasteiger partial charge is 0.0553 e. The van der Waals surface area contributed by atoms with Crippen LogP contribution < -0.4 is 0 Å². The highest BCUT2D eigenvalue weighted by atomic mass is 32.2. The number of rotatable bonds is 7. The molecule has 0 aliphatic heterocycles. The lowest BCUT2D eigenvalue weighted by Gasteiger charge is -2.13. The van der Waals surface area contributed by atoms with Crippen molar-refractivity contribution < 1.29 is 5.11 Å². The Morgan fingerprint density at radius 1 is 1.20 bits per heavy atom. The van der Waals surface area contributed by atoms with Crippen LogP contribution in [0.2, 0.25) is 0 Å². The van der Waals surface area contributed by atoms with Crippen LogP contribution in [0, 0.1) is 0 Å². The van der Waals surface area contributed by atoms with Crippen LogP contribution in [0.1, 0.15) is 32.6 Å². The van der Waals surface area contributed by atoms with E-state index in [-0.39, 0.29) is 6.61 Å². The van der Waals surface area contributed by atoms with Crippen LogP contribution in [-0.2, 0) is 0 Å². The van der Waals surface area contributed by atoms with E-state index >= 15 is 0 Å². The Bertz CT molecular complexity index is 248. The summed E-state index contributed by atoms with van der Waals surface area (Å²) >= 11 is 1.79. The maximum atomic E-state index is 9.27. The van der Waals surface area contributed by atoms with Crippen LogP contribution in [0.5, 0.6) is 0 Å². The van der Waals surface area contributed by atoms with Crippen molar-refractivity contribution in [1.29, 1.82) is 0 Å². The zero-order valence-corrected chi connectivity index (χ0v) is 10.2. The van der Waals surface area contributed by atoms with Crippen LogP contribution in [0.25, 0.3) is 0 Å². The summed E-state index contributed by atoms with van der Waals surface area (Å²) in [6.07, 6.45) is 4.85. The summed E-state index contributed by atoms with van der Waals surface area (Å²) < 4.78 is 0. The number of thioether (sulfide) groups is 1. The molecule has 0 aliphatic rings. The van der Waals surface area contributed by atoms with Crippen LogP contribution in [-0.4, -0.2) is 17.0 Å². The van der Waals surface area contributed by atoms with Gasteiger partial charge in [0.2, 0.25) is 0 Å². The Morgan fingerprint density at radius 3 is 2.53 bits per heavy atom. The molecule has 1 atom stereocenters. The molecule has 1 rings (SSSR count). The molecule has 0 aromatic heterocycles. The first-order valence-corrected chi connectivity index (χ1v) is 6.57. The van der Waals surface area contributed by atoms with Gasteiger partial charge in [0, 0.05) is 10.1 Å². The van der Waals surface area contributed by atoms with Crippen molar-refractivity contribution in [3.05, 3.63) is 30.3 Å². The quantitative estimate of drug-likeness (QED) is 0.562. The average molecular weight is 224 g/mol. The molecule has 1 nitrogen and oxygen atoms in total. The van der Waals surface area contributed by atoms with Crippen molar-refractivity contribution in [3.8, 4) is 0 Å². The molecule has 0 bridgehead atoms. The summed E-state index contributed by atoms with van der Waals surface area (Å²) in [5.41, 5.74) is 0. The third-order valence-corrected chi connectivity index (χ3v) is 3.64. The van der Waals surface area contributed by atoms with Crippen LogP contribution >= 0.6 is 11.8 Å². The van der Waals surface area contributed by atoms with Gasteiger partial charge in [-0.05, 0) is 18.6 Å². The summed E-state index contributed by atoms with van der Waals surface area (Å²) in [4.78, 5) is 1.26. The molecule has 15 heavy (non-hydrogen) atoms. The highest BCUT2D eigenvalue weighted by molar-refractivity contribution is 8.00. The normalized spacial score (nSPS) is 12.7. The fourth-order valence-corrected chi connectivity index (χ4v) is 2.56. The first-order chi connectivity index (χ1) is 7.36. The molecule has 0 unspecified atom stereocenters. The number of aliphatic hydroxyl groups excluding tert-OH is 1. The van der Waals surface area contributed by atoms with Crippen LogP contribution in [0.3, 0.4) is 0 Å². The highest BCUT2D eigenvalue weighted by Gasteiger charge is 2.08. The van der Waals surface area contributed by atoms with Gasteiger partial charge in [-0.2, -0.15) is 0 Å². The molecule has 0 radical (unpaired) electrons. The average Bonchev–Trinajstić information content (AvgIpc) is 2.29. The van der Waals surface area contributed by atoms with Crippen molar-refractivity contribution >= 4 is 11.8 Å². The first-order valence-electron chi connectivity index (χ1n) is 5.69. The molecule has 1 aromatic carbocycles. The standard InChI is InChI=1S/C13H20OS/c1-2-3-5-10-13(11-14)15-12-8-6-4-7-9-12/h4,6-9,13-14H,2-3,5,10-11H2,1H3/t13-/m0/s1. The van der Waals surface area contributed by atoms with Crippen molar-refractivity contribution in [2.75, 3.05) is 6.61 Å². The number of unbranched alkanes of at least 4 members (excludes halogenated alkanes) is 2. The van der Waals surface area contributed by atoms with Crippen LogP contribution in [0.4, 0.5) is 0 Å². The van der Waals surface area contributed by atoms with Gasteiger partial charge in [-0.25, -0.2) is 0 Å². The van der Waals surface area contributed by atoms with Gasteiger partial charge in [0.15, 0.2) is 0 Å². The number of hydrogen-bond donors (Lipinski definition) is 1. The fourth-order valence-electron chi connectivity index (χ4n) is 1.50. The molecular formula is C13H20OS. The van der Waals surface area contributed by atoms with E-state index in [2.05, 4.69) is 19.1 Å². The summed E-state index contributed by atoms with van der Waals surface area (Å²) in [5, 5.41) is 9.63. The van der Waals surface area contributed by atoms with Gasteiger partial charge in [-0.3, -0.25) is 0 Å². The van der Waals surface area contributed by atoms with Crippen molar-refractivity contribution in [1.82, 2.24) is 0 Å². The predicted octanol–water partition coefficient (Wildman–Crippen LogP) is 3.72. The molecule has 84 valence electrons. The van der Waals surface area contributed by atoms with Gasteiger partial charge in [0.05, 0.1) is 6.61 Å². The van der Waals surface area contributed by atoms with Gasteiger partial charge < -0.3 is 5.11 Å².